The standard InChI is InChI=1S/C15H16BrNO5S2/c1-8-5-10(9(2)23-8)15(18)17-24(19,20)14-7-13(22-4)12(21-3)6-11(14)16/h5-7H,1-4H3,(H,17,18). The van der Waals surface area contributed by atoms with Gasteiger partial charge in [-0.15, -0.1) is 11.3 Å². The third-order valence-corrected chi connectivity index (χ3v) is 6.50. The number of carbonyl (C=O) groups is 1. The van der Waals surface area contributed by atoms with Crippen molar-refractivity contribution in [1.82, 2.24) is 4.72 Å². The summed E-state index contributed by atoms with van der Waals surface area (Å²) in [6.45, 7) is 3.62. The van der Waals surface area contributed by atoms with E-state index in [0.29, 0.717) is 11.3 Å². The lowest BCUT2D eigenvalue weighted by atomic mass is 10.2. The van der Waals surface area contributed by atoms with Gasteiger partial charge in [0, 0.05) is 20.3 Å². The molecule has 9 heteroatoms. The van der Waals surface area contributed by atoms with Crippen LogP contribution in [0.3, 0.4) is 0 Å². The first kappa shape index (κ1) is 18.8. The molecule has 0 unspecified atom stereocenters. The summed E-state index contributed by atoms with van der Waals surface area (Å²) in [5.41, 5.74) is 0.345. The molecule has 0 spiro atoms. The first-order valence-corrected chi connectivity index (χ1v) is 9.84. The van der Waals surface area contributed by atoms with Gasteiger partial charge in [-0.2, -0.15) is 0 Å². The number of benzene rings is 1. The first-order valence-electron chi connectivity index (χ1n) is 6.75. The van der Waals surface area contributed by atoms with Gasteiger partial charge in [-0.05, 0) is 41.9 Å². The van der Waals surface area contributed by atoms with Gasteiger partial charge in [-0.3, -0.25) is 4.79 Å². The predicted octanol–water partition coefficient (Wildman–Crippen LogP) is 3.26. The average Bonchev–Trinajstić information content (AvgIpc) is 2.84. The van der Waals surface area contributed by atoms with Crippen LogP contribution in [0.15, 0.2) is 27.6 Å². The van der Waals surface area contributed by atoms with Crippen LogP contribution in [0, 0.1) is 13.8 Å². The van der Waals surface area contributed by atoms with Gasteiger partial charge >= 0.3 is 0 Å². The Hall–Kier alpha value is -1.58. The van der Waals surface area contributed by atoms with Crippen LogP contribution in [0.1, 0.15) is 20.1 Å². The normalized spacial score (nSPS) is 11.2. The number of carbonyl (C=O) groups excluding carboxylic acids is 1. The molecule has 1 aromatic carbocycles. The zero-order chi connectivity index (χ0) is 18.1. The number of aryl methyl sites for hydroxylation is 2. The molecule has 130 valence electrons. The minimum atomic E-state index is -4.08. The van der Waals surface area contributed by atoms with Gasteiger partial charge in [0.05, 0.1) is 19.8 Å². The Morgan fingerprint density at radius 1 is 1.12 bits per heavy atom. The van der Waals surface area contributed by atoms with Crippen molar-refractivity contribution >= 4 is 43.2 Å². The molecule has 2 rings (SSSR count). The van der Waals surface area contributed by atoms with Crippen LogP contribution in [0.2, 0.25) is 0 Å². The molecular formula is C15H16BrNO5S2. The van der Waals surface area contributed by atoms with E-state index in [1.54, 1.807) is 13.0 Å². The van der Waals surface area contributed by atoms with Crippen LogP contribution in [-0.4, -0.2) is 28.5 Å². The second-order valence-electron chi connectivity index (χ2n) is 4.90. The lowest BCUT2D eigenvalue weighted by Gasteiger charge is -2.13. The summed E-state index contributed by atoms with van der Waals surface area (Å²) >= 11 is 4.62. The number of hydrogen-bond acceptors (Lipinski definition) is 6. The quantitative estimate of drug-likeness (QED) is 0.782. The Kier molecular flexibility index (Phi) is 5.56. The highest BCUT2D eigenvalue weighted by Crippen LogP contribution is 2.35. The van der Waals surface area contributed by atoms with E-state index in [4.69, 9.17) is 9.47 Å². The van der Waals surface area contributed by atoms with Crippen molar-refractivity contribution in [1.29, 1.82) is 0 Å². The molecule has 0 fully saturated rings. The molecule has 0 aliphatic carbocycles. The van der Waals surface area contributed by atoms with Crippen molar-refractivity contribution in [3.63, 3.8) is 0 Å². The van der Waals surface area contributed by atoms with E-state index in [-0.39, 0.29) is 15.1 Å². The fraction of sp³-hybridized carbons (Fsp3) is 0.267. The highest BCUT2D eigenvalue weighted by Gasteiger charge is 2.25. The molecule has 0 aliphatic heterocycles. The van der Waals surface area contributed by atoms with E-state index in [1.807, 2.05) is 6.92 Å². The number of nitrogens with one attached hydrogen (secondary N) is 1. The molecule has 6 nitrogen and oxygen atoms in total. The third kappa shape index (κ3) is 3.73. The summed E-state index contributed by atoms with van der Waals surface area (Å²) in [4.78, 5) is 13.9. The Bertz CT molecular complexity index is 890. The molecule has 0 atom stereocenters. The Morgan fingerprint density at radius 3 is 2.21 bits per heavy atom. The monoisotopic (exact) mass is 433 g/mol. The number of methoxy groups -OCH3 is 2. The summed E-state index contributed by atoms with van der Waals surface area (Å²) in [6.07, 6.45) is 0. The van der Waals surface area contributed by atoms with Crippen LogP contribution in [0.4, 0.5) is 0 Å². The second kappa shape index (κ2) is 7.12. The molecular weight excluding hydrogens is 418 g/mol. The van der Waals surface area contributed by atoms with Gasteiger partial charge in [0.1, 0.15) is 4.90 Å². The Morgan fingerprint density at radius 2 is 1.71 bits per heavy atom. The SMILES string of the molecule is COc1cc(Br)c(S(=O)(=O)NC(=O)c2cc(C)sc2C)cc1OC. The number of hydrogen-bond donors (Lipinski definition) is 1. The van der Waals surface area contributed by atoms with Crippen LogP contribution < -0.4 is 14.2 Å². The maximum atomic E-state index is 12.6. The van der Waals surface area contributed by atoms with Crippen LogP contribution >= 0.6 is 27.3 Å². The number of halogens is 1. The zero-order valence-electron chi connectivity index (χ0n) is 13.5. The summed E-state index contributed by atoms with van der Waals surface area (Å²) in [6, 6.07) is 4.43. The Labute approximate surface area is 153 Å². The van der Waals surface area contributed by atoms with Crippen molar-refractivity contribution in [3.05, 3.63) is 38.0 Å². The van der Waals surface area contributed by atoms with E-state index in [0.717, 1.165) is 9.75 Å². The second-order valence-corrected chi connectivity index (χ2v) is 8.86. The van der Waals surface area contributed by atoms with Gasteiger partial charge in [-0.1, -0.05) is 0 Å². The maximum absolute atomic E-state index is 12.6. The smallest absolute Gasteiger partial charge is 0.266 e. The molecule has 1 N–H and O–H groups in total. The molecule has 0 saturated carbocycles. The van der Waals surface area contributed by atoms with Crippen molar-refractivity contribution in [2.45, 2.75) is 18.7 Å². The average molecular weight is 434 g/mol. The number of ether oxygens (including phenoxy) is 2. The molecule has 0 saturated heterocycles. The number of amides is 1. The molecule has 1 heterocycles. The van der Waals surface area contributed by atoms with Gasteiger partial charge < -0.3 is 9.47 Å². The fourth-order valence-electron chi connectivity index (χ4n) is 2.13. The highest BCUT2D eigenvalue weighted by atomic mass is 79.9. The Balaban J connectivity index is 2.40. The first-order chi connectivity index (χ1) is 11.2. The van der Waals surface area contributed by atoms with E-state index in [1.165, 1.54) is 37.7 Å². The molecule has 0 aliphatic rings. The van der Waals surface area contributed by atoms with Crippen molar-refractivity contribution in [2.24, 2.45) is 0 Å². The van der Waals surface area contributed by atoms with Crippen molar-refractivity contribution in [3.8, 4) is 11.5 Å². The topological polar surface area (TPSA) is 81.7 Å². The maximum Gasteiger partial charge on any atom is 0.266 e. The van der Waals surface area contributed by atoms with E-state index in [2.05, 4.69) is 20.7 Å². The van der Waals surface area contributed by atoms with Gasteiger partial charge in [-0.25, -0.2) is 13.1 Å². The van der Waals surface area contributed by atoms with Crippen LogP contribution in [-0.2, 0) is 10.0 Å². The third-order valence-electron chi connectivity index (χ3n) is 3.24. The van der Waals surface area contributed by atoms with E-state index < -0.39 is 15.9 Å². The van der Waals surface area contributed by atoms with Crippen molar-refractivity contribution < 1.29 is 22.7 Å². The minimum Gasteiger partial charge on any atom is -0.493 e. The lowest BCUT2D eigenvalue weighted by molar-refractivity contribution is 0.0981. The number of sulfonamides is 1. The molecule has 24 heavy (non-hydrogen) atoms. The summed E-state index contributed by atoms with van der Waals surface area (Å²) < 4.78 is 37.7. The van der Waals surface area contributed by atoms with Crippen LogP contribution in [0.5, 0.6) is 11.5 Å². The zero-order valence-corrected chi connectivity index (χ0v) is 16.7. The fourth-order valence-corrected chi connectivity index (χ4v) is 5.05. The minimum absolute atomic E-state index is 0.113. The summed E-state index contributed by atoms with van der Waals surface area (Å²) in [7, 11) is -1.23. The van der Waals surface area contributed by atoms with E-state index in [9.17, 15) is 13.2 Å². The van der Waals surface area contributed by atoms with E-state index >= 15 is 0 Å². The number of rotatable bonds is 5. The van der Waals surface area contributed by atoms with Gasteiger partial charge in [0.15, 0.2) is 11.5 Å². The molecule has 2 aromatic rings. The largest absolute Gasteiger partial charge is 0.493 e. The number of thiophene rings is 1. The van der Waals surface area contributed by atoms with Crippen LogP contribution in [0.25, 0.3) is 0 Å². The van der Waals surface area contributed by atoms with Gasteiger partial charge in [0.2, 0.25) is 0 Å². The summed E-state index contributed by atoms with van der Waals surface area (Å²) in [5, 5.41) is 0. The molecule has 1 aromatic heterocycles. The lowest BCUT2D eigenvalue weighted by Crippen LogP contribution is -2.31. The van der Waals surface area contributed by atoms with Crippen molar-refractivity contribution in [2.75, 3.05) is 14.2 Å². The summed E-state index contributed by atoms with van der Waals surface area (Å²) in [5.74, 6) is -0.0476. The van der Waals surface area contributed by atoms with Gasteiger partial charge in [0.25, 0.3) is 15.9 Å². The predicted molar refractivity (Wildman–Crippen MR) is 95.7 cm³/mol. The molecule has 1 amide bonds. The highest BCUT2D eigenvalue weighted by molar-refractivity contribution is 9.10. The molecule has 0 radical (unpaired) electrons. The molecule has 0 bridgehead atoms.